The third-order valence-electron chi connectivity index (χ3n) is 16.4. The van der Waals surface area contributed by atoms with Crippen LogP contribution in [0.5, 0.6) is 0 Å². The van der Waals surface area contributed by atoms with Gasteiger partial charge in [-0.05, 0) is 77.0 Å². The van der Waals surface area contributed by atoms with E-state index in [1.54, 1.807) is 0 Å². The van der Waals surface area contributed by atoms with Gasteiger partial charge < -0.3 is 14.2 Å². The highest BCUT2D eigenvalue weighted by molar-refractivity contribution is 5.71. The van der Waals surface area contributed by atoms with Crippen molar-refractivity contribution >= 4 is 17.9 Å². The van der Waals surface area contributed by atoms with Crippen LogP contribution in [0.15, 0.2) is 36.5 Å². The van der Waals surface area contributed by atoms with E-state index in [0.29, 0.717) is 19.3 Å². The number of carbonyl (C=O) groups excluding carboxylic acids is 3. The molecule has 0 aliphatic rings. The van der Waals surface area contributed by atoms with Crippen LogP contribution >= 0.6 is 0 Å². The largest absolute Gasteiger partial charge is 0.462 e. The summed E-state index contributed by atoms with van der Waals surface area (Å²) in [5.41, 5.74) is 0. The van der Waals surface area contributed by atoms with E-state index in [2.05, 4.69) is 57.2 Å². The molecule has 0 saturated heterocycles. The summed E-state index contributed by atoms with van der Waals surface area (Å²) in [5, 5.41) is 0. The third kappa shape index (κ3) is 66.4. The van der Waals surface area contributed by atoms with Crippen LogP contribution in [-0.2, 0) is 28.6 Å². The number of hydrogen-bond acceptors (Lipinski definition) is 6. The first-order valence-corrected chi connectivity index (χ1v) is 36.0. The smallest absolute Gasteiger partial charge is 0.306 e. The average Bonchev–Trinajstić information content (AvgIpc) is 3.46. The van der Waals surface area contributed by atoms with Gasteiger partial charge in [0, 0.05) is 19.3 Å². The highest BCUT2D eigenvalue weighted by Gasteiger charge is 2.19. The molecular formula is C74H138O6. The lowest BCUT2D eigenvalue weighted by atomic mass is 10.0. The molecule has 0 rings (SSSR count). The lowest BCUT2D eigenvalue weighted by Crippen LogP contribution is -2.30. The molecule has 0 amide bonds. The zero-order valence-electron chi connectivity index (χ0n) is 54.1. The molecule has 0 N–H and O–H groups in total. The molecule has 1 unspecified atom stereocenters. The summed E-state index contributed by atoms with van der Waals surface area (Å²) in [6.07, 6.45) is 86.4. The minimum absolute atomic E-state index is 0.0766. The summed E-state index contributed by atoms with van der Waals surface area (Å²) < 4.78 is 16.9. The lowest BCUT2D eigenvalue weighted by molar-refractivity contribution is -0.167. The fourth-order valence-corrected chi connectivity index (χ4v) is 10.9. The SMILES string of the molecule is CCCCC/C=C\C/C=C\CCCCCCCC(=O)OC(COC(=O)CCCCCCC/C=C\CCCCC)COC(=O)CCCCCCCCCCCCCCCCCCCCCCCCCCCCCCCCCCCCC. The van der Waals surface area contributed by atoms with E-state index in [1.165, 1.54) is 270 Å². The van der Waals surface area contributed by atoms with Crippen molar-refractivity contribution in [2.24, 2.45) is 0 Å². The average molecular weight is 1120 g/mol. The number of carbonyl (C=O) groups is 3. The first kappa shape index (κ1) is 77.6. The molecule has 0 heterocycles. The maximum Gasteiger partial charge on any atom is 0.306 e. The summed E-state index contributed by atoms with van der Waals surface area (Å²) in [6.45, 7) is 6.63. The molecule has 0 fully saturated rings. The van der Waals surface area contributed by atoms with Gasteiger partial charge in [-0.1, -0.05) is 340 Å². The molecular weight excluding hydrogens is 985 g/mol. The standard InChI is InChI=1S/C74H138O6/c1-4-7-10-13-16-19-22-25-27-28-29-30-31-32-33-34-35-36-37-38-39-40-41-42-43-44-45-46-48-49-52-55-58-61-64-67-73(76)79-70-71(69-78-72(75)66-63-60-57-54-51-24-21-18-15-12-9-6-3)80-74(77)68-65-62-59-56-53-50-47-26-23-20-17-14-11-8-5-2/h17-18,20-21,26,47,71H,4-16,19,22-25,27-46,48-70H2,1-3H3/b20-17-,21-18-,47-26-. The van der Waals surface area contributed by atoms with Crippen LogP contribution < -0.4 is 0 Å². The maximum atomic E-state index is 12.9. The van der Waals surface area contributed by atoms with Crippen molar-refractivity contribution in [3.63, 3.8) is 0 Å². The molecule has 0 aliphatic heterocycles. The summed E-state index contributed by atoms with van der Waals surface area (Å²) >= 11 is 0. The maximum absolute atomic E-state index is 12.9. The van der Waals surface area contributed by atoms with Gasteiger partial charge in [-0.3, -0.25) is 14.4 Å². The van der Waals surface area contributed by atoms with Crippen molar-refractivity contribution in [1.29, 1.82) is 0 Å². The van der Waals surface area contributed by atoms with E-state index in [9.17, 15) is 14.4 Å². The number of esters is 3. The number of allylic oxidation sites excluding steroid dienone is 6. The van der Waals surface area contributed by atoms with E-state index in [0.717, 1.165) is 89.9 Å². The van der Waals surface area contributed by atoms with Gasteiger partial charge in [0.25, 0.3) is 0 Å². The Kier molecular flexibility index (Phi) is 67.1. The second-order valence-corrected chi connectivity index (χ2v) is 24.5. The summed E-state index contributed by atoms with van der Waals surface area (Å²) in [5.74, 6) is -0.878. The van der Waals surface area contributed by atoms with Crippen LogP contribution in [0.25, 0.3) is 0 Å². The highest BCUT2D eigenvalue weighted by atomic mass is 16.6. The Labute approximate surface area is 499 Å². The van der Waals surface area contributed by atoms with E-state index < -0.39 is 6.10 Å². The Balaban J connectivity index is 4.02. The van der Waals surface area contributed by atoms with E-state index in [1.807, 2.05) is 0 Å². The van der Waals surface area contributed by atoms with E-state index >= 15 is 0 Å². The Morgan fingerprint density at radius 1 is 0.250 bits per heavy atom. The summed E-state index contributed by atoms with van der Waals surface area (Å²) in [4.78, 5) is 38.3. The molecule has 470 valence electrons. The third-order valence-corrected chi connectivity index (χ3v) is 16.4. The van der Waals surface area contributed by atoms with Gasteiger partial charge >= 0.3 is 17.9 Å². The van der Waals surface area contributed by atoms with E-state index in [4.69, 9.17) is 14.2 Å². The van der Waals surface area contributed by atoms with Crippen LogP contribution in [0.3, 0.4) is 0 Å². The second-order valence-electron chi connectivity index (χ2n) is 24.5. The van der Waals surface area contributed by atoms with Gasteiger partial charge in [0.1, 0.15) is 13.2 Å². The van der Waals surface area contributed by atoms with Crippen molar-refractivity contribution in [3.8, 4) is 0 Å². The molecule has 6 nitrogen and oxygen atoms in total. The van der Waals surface area contributed by atoms with Crippen molar-refractivity contribution in [2.75, 3.05) is 13.2 Å². The normalized spacial score (nSPS) is 12.2. The van der Waals surface area contributed by atoms with Crippen LogP contribution in [-0.4, -0.2) is 37.2 Å². The number of hydrogen-bond donors (Lipinski definition) is 0. The first-order chi connectivity index (χ1) is 39.5. The predicted octanol–water partition coefficient (Wildman–Crippen LogP) is 24.7. The molecule has 0 aromatic carbocycles. The molecule has 0 radical (unpaired) electrons. The molecule has 1 atom stereocenters. The molecule has 0 saturated carbocycles. The number of ether oxygens (including phenoxy) is 3. The minimum Gasteiger partial charge on any atom is -0.462 e. The molecule has 6 heteroatoms. The molecule has 0 bridgehead atoms. The molecule has 0 spiro atoms. The summed E-state index contributed by atoms with van der Waals surface area (Å²) in [7, 11) is 0. The van der Waals surface area contributed by atoms with Crippen molar-refractivity contribution in [1.82, 2.24) is 0 Å². The Bertz CT molecular complexity index is 1340. The molecule has 0 aromatic heterocycles. The van der Waals surface area contributed by atoms with Gasteiger partial charge in [-0.2, -0.15) is 0 Å². The minimum atomic E-state index is -0.781. The van der Waals surface area contributed by atoms with Gasteiger partial charge in [-0.15, -0.1) is 0 Å². The van der Waals surface area contributed by atoms with Crippen LogP contribution in [0, 0.1) is 0 Å². The van der Waals surface area contributed by atoms with Gasteiger partial charge in [0.2, 0.25) is 0 Å². The van der Waals surface area contributed by atoms with Crippen molar-refractivity contribution < 1.29 is 28.6 Å². The Hall–Kier alpha value is -2.37. The van der Waals surface area contributed by atoms with Crippen molar-refractivity contribution in [3.05, 3.63) is 36.5 Å². The van der Waals surface area contributed by atoms with Crippen molar-refractivity contribution in [2.45, 2.75) is 406 Å². The van der Waals surface area contributed by atoms with Crippen LogP contribution in [0.2, 0.25) is 0 Å². The Morgan fingerprint density at radius 3 is 0.725 bits per heavy atom. The van der Waals surface area contributed by atoms with Crippen LogP contribution in [0.4, 0.5) is 0 Å². The number of rotatable bonds is 67. The molecule has 0 aliphatic carbocycles. The zero-order valence-corrected chi connectivity index (χ0v) is 54.1. The molecule has 80 heavy (non-hydrogen) atoms. The van der Waals surface area contributed by atoms with Gasteiger partial charge in [0.15, 0.2) is 6.10 Å². The predicted molar refractivity (Wildman–Crippen MR) is 349 cm³/mol. The van der Waals surface area contributed by atoms with E-state index in [-0.39, 0.29) is 31.1 Å². The van der Waals surface area contributed by atoms with Gasteiger partial charge in [-0.25, -0.2) is 0 Å². The monoisotopic (exact) mass is 1120 g/mol. The molecule has 0 aromatic rings. The number of unbranched alkanes of at least 4 members (excludes halogenated alkanes) is 50. The zero-order chi connectivity index (χ0) is 57.8. The fourth-order valence-electron chi connectivity index (χ4n) is 10.9. The first-order valence-electron chi connectivity index (χ1n) is 36.0. The highest BCUT2D eigenvalue weighted by Crippen LogP contribution is 2.19. The Morgan fingerprint density at radius 2 is 0.450 bits per heavy atom. The summed E-state index contributed by atoms with van der Waals surface area (Å²) in [6, 6.07) is 0. The fraction of sp³-hybridized carbons (Fsp3) is 0.878. The second kappa shape index (κ2) is 69.1. The van der Waals surface area contributed by atoms with Crippen LogP contribution in [0.1, 0.15) is 400 Å². The van der Waals surface area contributed by atoms with Gasteiger partial charge in [0.05, 0.1) is 0 Å². The topological polar surface area (TPSA) is 78.9 Å². The quantitative estimate of drug-likeness (QED) is 0.0261. The lowest BCUT2D eigenvalue weighted by Gasteiger charge is -2.18.